The van der Waals surface area contributed by atoms with E-state index >= 15 is 0 Å². The number of hydrogen-bond acceptors (Lipinski definition) is 2. The minimum atomic E-state index is -2.33. The second-order valence-electron chi connectivity index (χ2n) is 8.06. The number of unbranched alkanes of at least 4 members (excludes halogenated alkanes) is 3. The summed E-state index contributed by atoms with van der Waals surface area (Å²) in [5.41, 5.74) is 0. The van der Waals surface area contributed by atoms with Crippen molar-refractivity contribution in [2.45, 2.75) is 109 Å². The fourth-order valence-corrected chi connectivity index (χ4v) is 23.4. The molecule has 1 atom stereocenters. The molecule has 0 bridgehead atoms. The number of hydrogen-bond donors (Lipinski definition) is 0. The Hall–Kier alpha value is 0.719. The van der Waals surface area contributed by atoms with Gasteiger partial charge in [-0.05, 0) is 0 Å². The predicted molar refractivity (Wildman–Crippen MR) is 108 cm³/mol. The van der Waals surface area contributed by atoms with Crippen LogP contribution in [-0.4, -0.2) is 36.4 Å². The van der Waals surface area contributed by atoms with Crippen LogP contribution in [-0.2, 0) is 9.47 Å². The summed E-state index contributed by atoms with van der Waals surface area (Å²) in [5, 5.41) is 0. The van der Waals surface area contributed by atoms with Crippen LogP contribution < -0.4 is 0 Å². The van der Waals surface area contributed by atoms with Crippen molar-refractivity contribution in [3.63, 3.8) is 0 Å². The Bertz CT molecular complexity index is 268. The summed E-state index contributed by atoms with van der Waals surface area (Å²) >= 11 is -2.33. The van der Waals surface area contributed by atoms with E-state index in [1.54, 1.807) is 20.4 Å². The molecule has 0 aromatic heterocycles. The van der Waals surface area contributed by atoms with Crippen molar-refractivity contribution in [3.05, 3.63) is 0 Å². The maximum absolute atomic E-state index is 6.56. The van der Waals surface area contributed by atoms with E-state index in [4.69, 9.17) is 9.47 Å². The second kappa shape index (κ2) is 13.9. The van der Waals surface area contributed by atoms with Crippen LogP contribution in [0.25, 0.3) is 0 Å². The van der Waals surface area contributed by atoms with Gasteiger partial charge in [0, 0.05) is 0 Å². The average Bonchev–Trinajstić information content (AvgIpc) is 2.63. The van der Waals surface area contributed by atoms with E-state index in [2.05, 4.69) is 20.8 Å². The summed E-state index contributed by atoms with van der Waals surface area (Å²) in [6.45, 7) is 7.61. The third-order valence-corrected chi connectivity index (χ3v) is 23.0. The molecule has 2 nitrogen and oxygen atoms in total. The SMILES string of the molecule is CCC[CH2][Sn]([CH2]CCC)([CH2]CCC)[CH](OCOC)C1CCCCC1. The molecular weight excluding hydrogens is 403 g/mol. The summed E-state index contributed by atoms with van der Waals surface area (Å²) in [6.07, 6.45) is 15.5. The molecule has 0 amide bonds. The summed E-state index contributed by atoms with van der Waals surface area (Å²) in [6, 6.07) is 0. The molecular formula is C21H44O2Sn. The van der Waals surface area contributed by atoms with E-state index in [1.807, 2.05) is 0 Å². The van der Waals surface area contributed by atoms with Crippen LogP contribution in [0.1, 0.15) is 91.4 Å². The van der Waals surface area contributed by atoms with Gasteiger partial charge in [0.1, 0.15) is 0 Å². The van der Waals surface area contributed by atoms with Crippen LogP contribution in [0.3, 0.4) is 0 Å². The molecule has 0 spiro atoms. The molecule has 24 heavy (non-hydrogen) atoms. The molecule has 1 saturated carbocycles. The molecule has 0 N–H and O–H groups in total. The zero-order valence-electron chi connectivity index (χ0n) is 17.1. The Morgan fingerprint density at radius 2 is 1.33 bits per heavy atom. The van der Waals surface area contributed by atoms with Crippen LogP contribution in [0.5, 0.6) is 0 Å². The van der Waals surface area contributed by atoms with Gasteiger partial charge < -0.3 is 0 Å². The van der Waals surface area contributed by atoms with Crippen LogP contribution in [0, 0.1) is 5.92 Å². The Labute approximate surface area is 156 Å². The molecule has 1 aliphatic rings. The van der Waals surface area contributed by atoms with Crippen LogP contribution in [0.4, 0.5) is 0 Å². The van der Waals surface area contributed by atoms with Gasteiger partial charge in [0.25, 0.3) is 0 Å². The summed E-state index contributed by atoms with van der Waals surface area (Å²) < 4.78 is 17.2. The number of rotatable bonds is 14. The first-order chi connectivity index (χ1) is 11.7. The van der Waals surface area contributed by atoms with Gasteiger partial charge in [-0.25, -0.2) is 0 Å². The van der Waals surface area contributed by atoms with E-state index in [9.17, 15) is 0 Å². The third kappa shape index (κ3) is 7.53. The zero-order valence-corrected chi connectivity index (χ0v) is 19.9. The molecule has 0 aromatic rings. The first kappa shape index (κ1) is 22.8. The normalized spacial score (nSPS) is 18.0. The van der Waals surface area contributed by atoms with Crippen molar-refractivity contribution in [3.8, 4) is 0 Å². The third-order valence-electron chi connectivity index (χ3n) is 6.13. The second-order valence-corrected chi connectivity index (χ2v) is 21.7. The predicted octanol–water partition coefficient (Wildman–Crippen LogP) is 6.94. The Morgan fingerprint density at radius 1 is 0.833 bits per heavy atom. The number of ether oxygens (including phenoxy) is 2. The van der Waals surface area contributed by atoms with Gasteiger partial charge in [-0.1, -0.05) is 0 Å². The van der Waals surface area contributed by atoms with Crippen molar-refractivity contribution in [1.29, 1.82) is 0 Å². The molecule has 3 heteroatoms. The standard InChI is InChI=1S/C9H17O2.3C4H9.Sn/c1-10-8-11-7-9-5-3-2-4-6-9;3*1-3-4-2;/h7,9H,2-6,8H2,1H3;3*1,3-4H2,2H3;. The average molecular weight is 447 g/mol. The molecule has 0 heterocycles. The molecule has 1 aliphatic carbocycles. The first-order valence-electron chi connectivity index (χ1n) is 10.8. The van der Waals surface area contributed by atoms with Gasteiger partial charge in [0.05, 0.1) is 0 Å². The summed E-state index contributed by atoms with van der Waals surface area (Å²) in [7, 11) is 1.79. The topological polar surface area (TPSA) is 18.5 Å². The fraction of sp³-hybridized carbons (Fsp3) is 1.00. The van der Waals surface area contributed by atoms with Crippen molar-refractivity contribution in [1.82, 2.24) is 0 Å². The molecule has 0 saturated heterocycles. The van der Waals surface area contributed by atoms with Crippen molar-refractivity contribution < 1.29 is 9.47 Å². The van der Waals surface area contributed by atoms with Gasteiger partial charge >= 0.3 is 157 Å². The quantitative estimate of drug-likeness (QED) is 0.212. The maximum atomic E-state index is 6.56. The first-order valence-corrected chi connectivity index (χ1v) is 18.5. The van der Waals surface area contributed by atoms with Gasteiger partial charge in [-0.2, -0.15) is 0 Å². The summed E-state index contributed by atoms with van der Waals surface area (Å²) in [5.74, 6) is 0.843. The minimum absolute atomic E-state index is 0.518. The molecule has 0 aliphatic heterocycles. The van der Waals surface area contributed by atoms with Gasteiger partial charge in [-0.15, -0.1) is 0 Å². The van der Waals surface area contributed by atoms with Crippen LogP contribution in [0.15, 0.2) is 0 Å². The molecule has 0 aromatic carbocycles. The van der Waals surface area contributed by atoms with E-state index in [-0.39, 0.29) is 0 Å². The molecule has 0 radical (unpaired) electrons. The van der Waals surface area contributed by atoms with Gasteiger partial charge in [0.2, 0.25) is 0 Å². The van der Waals surface area contributed by atoms with Crippen LogP contribution >= 0.6 is 0 Å². The fourth-order valence-electron chi connectivity index (χ4n) is 4.78. The van der Waals surface area contributed by atoms with Gasteiger partial charge in [0.15, 0.2) is 0 Å². The molecule has 144 valence electrons. The molecule has 1 unspecified atom stereocenters. The van der Waals surface area contributed by atoms with E-state index in [0.29, 0.717) is 10.9 Å². The van der Waals surface area contributed by atoms with Crippen molar-refractivity contribution in [2.24, 2.45) is 5.92 Å². The van der Waals surface area contributed by atoms with Crippen molar-refractivity contribution in [2.75, 3.05) is 13.9 Å². The molecule has 1 rings (SSSR count). The van der Waals surface area contributed by atoms with Crippen molar-refractivity contribution >= 4 is 18.4 Å². The van der Waals surface area contributed by atoms with E-state index in [0.717, 1.165) is 5.92 Å². The van der Waals surface area contributed by atoms with E-state index in [1.165, 1.54) is 70.6 Å². The van der Waals surface area contributed by atoms with Crippen LogP contribution in [0.2, 0.25) is 13.3 Å². The Kier molecular flexibility index (Phi) is 13.1. The number of methoxy groups -OCH3 is 1. The Balaban J connectivity index is 3.01. The summed E-state index contributed by atoms with van der Waals surface area (Å²) in [4.78, 5) is 0. The van der Waals surface area contributed by atoms with Gasteiger partial charge in [-0.3, -0.25) is 0 Å². The molecule has 1 fully saturated rings. The Morgan fingerprint density at radius 3 is 1.75 bits per heavy atom. The zero-order chi connectivity index (χ0) is 17.7. The monoisotopic (exact) mass is 448 g/mol. The van der Waals surface area contributed by atoms with E-state index < -0.39 is 18.4 Å².